The van der Waals surface area contributed by atoms with Crippen molar-refractivity contribution in [3.05, 3.63) is 23.7 Å². The normalized spacial score (nSPS) is 18.1. The monoisotopic (exact) mass is 343 g/mol. The third-order valence-corrected chi connectivity index (χ3v) is 4.82. The van der Waals surface area contributed by atoms with E-state index in [-0.39, 0.29) is 17.3 Å². The summed E-state index contributed by atoms with van der Waals surface area (Å²) in [5.74, 6) is -1.90. The van der Waals surface area contributed by atoms with Crippen LogP contribution >= 0.6 is 0 Å². The zero-order chi connectivity index (χ0) is 17.1. The number of amides is 1. The van der Waals surface area contributed by atoms with E-state index in [1.54, 1.807) is 0 Å². The minimum absolute atomic E-state index is 0.0754. The maximum atomic E-state index is 12.3. The lowest BCUT2D eigenvalue weighted by molar-refractivity contribution is -0.145. The van der Waals surface area contributed by atoms with E-state index in [9.17, 15) is 23.1 Å². The van der Waals surface area contributed by atoms with Gasteiger partial charge in [0.2, 0.25) is 0 Å². The topological polar surface area (TPSA) is 114 Å². The average Bonchev–Trinajstić information content (AvgIpc) is 2.74. The SMILES string of the molecule is CS(=O)(=O)Cc1ccc(C(=O)NC2(C(=O)O)CCCCCC2)o1. The summed E-state index contributed by atoms with van der Waals surface area (Å²) in [6.07, 6.45) is 5.21. The van der Waals surface area contributed by atoms with E-state index in [1.165, 1.54) is 12.1 Å². The molecule has 1 fully saturated rings. The van der Waals surface area contributed by atoms with Gasteiger partial charge in [-0.3, -0.25) is 4.79 Å². The Kier molecular flexibility index (Phi) is 5.13. The lowest BCUT2D eigenvalue weighted by Gasteiger charge is -2.28. The van der Waals surface area contributed by atoms with Gasteiger partial charge in [0.25, 0.3) is 5.91 Å². The molecule has 1 heterocycles. The van der Waals surface area contributed by atoms with Crippen LogP contribution in [0.4, 0.5) is 0 Å². The van der Waals surface area contributed by atoms with E-state index >= 15 is 0 Å². The summed E-state index contributed by atoms with van der Waals surface area (Å²) in [5, 5.41) is 12.1. The quantitative estimate of drug-likeness (QED) is 0.787. The fourth-order valence-corrected chi connectivity index (χ4v) is 3.51. The molecule has 2 rings (SSSR count). The second-order valence-electron chi connectivity index (χ2n) is 6.09. The number of hydrogen-bond acceptors (Lipinski definition) is 5. The largest absolute Gasteiger partial charge is 0.480 e. The van der Waals surface area contributed by atoms with Crippen LogP contribution in [-0.4, -0.2) is 37.2 Å². The lowest BCUT2D eigenvalue weighted by atomic mass is 9.90. The van der Waals surface area contributed by atoms with Gasteiger partial charge in [0, 0.05) is 6.26 Å². The van der Waals surface area contributed by atoms with Crippen molar-refractivity contribution in [2.45, 2.75) is 49.8 Å². The Labute approximate surface area is 135 Å². The fourth-order valence-electron chi connectivity index (χ4n) is 2.84. The molecule has 1 aliphatic rings. The Hall–Kier alpha value is -1.83. The standard InChI is InChI=1S/C15H21NO6S/c1-23(20,21)10-11-6-7-12(22-11)13(17)16-15(14(18)19)8-4-2-3-5-9-15/h6-7H,2-5,8-10H2,1H3,(H,16,17)(H,18,19). The van der Waals surface area contributed by atoms with Gasteiger partial charge in [0.15, 0.2) is 15.6 Å². The van der Waals surface area contributed by atoms with E-state index < -0.39 is 27.3 Å². The number of nitrogens with one attached hydrogen (secondary N) is 1. The summed E-state index contributed by atoms with van der Waals surface area (Å²) in [7, 11) is -3.27. The summed E-state index contributed by atoms with van der Waals surface area (Å²) in [6.45, 7) is 0. The molecule has 0 spiro atoms. The second kappa shape index (κ2) is 6.74. The molecule has 1 aromatic rings. The van der Waals surface area contributed by atoms with Crippen molar-refractivity contribution < 1.29 is 27.5 Å². The molecule has 0 bridgehead atoms. The number of aliphatic carboxylic acids is 1. The lowest BCUT2D eigenvalue weighted by Crippen LogP contribution is -2.54. The van der Waals surface area contributed by atoms with Gasteiger partial charge in [-0.2, -0.15) is 0 Å². The molecule has 1 aliphatic carbocycles. The Morgan fingerprint density at radius 3 is 2.35 bits per heavy atom. The molecule has 128 valence electrons. The van der Waals surface area contributed by atoms with Gasteiger partial charge in [-0.05, 0) is 25.0 Å². The zero-order valence-corrected chi connectivity index (χ0v) is 13.8. The van der Waals surface area contributed by atoms with Crippen molar-refractivity contribution in [3.63, 3.8) is 0 Å². The number of carbonyl (C=O) groups excluding carboxylic acids is 1. The molecule has 0 aliphatic heterocycles. The molecular weight excluding hydrogens is 322 g/mol. The highest BCUT2D eigenvalue weighted by Gasteiger charge is 2.40. The highest BCUT2D eigenvalue weighted by atomic mass is 32.2. The van der Waals surface area contributed by atoms with Crippen LogP contribution in [0.15, 0.2) is 16.5 Å². The Morgan fingerprint density at radius 2 is 1.83 bits per heavy atom. The third kappa shape index (κ3) is 4.57. The maximum absolute atomic E-state index is 12.3. The van der Waals surface area contributed by atoms with Crippen molar-refractivity contribution in [1.82, 2.24) is 5.32 Å². The molecule has 0 aromatic carbocycles. The number of carboxylic acid groups (broad SMARTS) is 1. The number of furan rings is 1. The molecule has 0 unspecified atom stereocenters. The molecule has 1 aromatic heterocycles. The predicted octanol–water partition coefficient (Wildman–Crippen LogP) is 1.73. The molecule has 0 atom stereocenters. The number of sulfone groups is 1. The van der Waals surface area contributed by atoms with Crippen LogP contribution in [0.1, 0.15) is 54.8 Å². The van der Waals surface area contributed by atoms with Crippen molar-refractivity contribution in [3.8, 4) is 0 Å². The summed E-state index contributed by atoms with van der Waals surface area (Å²) in [5.41, 5.74) is -1.28. The van der Waals surface area contributed by atoms with Crippen LogP contribution in [0.5, 0.6) is 0 Å². The first-order valence-corrected chi connectivity index (χ1v) is 9.60. The number of rotatable bonds is 5. The number of carboxylic acids is 1. The minimum atomic E-state index is -3.27. The number of hydrogen-bond donors (Lipinski definition) is 2. The smallest absolute Gasteiger partial charge is 0.329 e. The molecule has 0 saturated heterocycles. The van der Waals surface area contributed by atoms with Crippen molar-refractivity contribution in [2.24, 2.45) is 0 Å². The summed E-state index contributed by atoms with van der Waals surface area (Å²) in [6, 6.07) is 2.78. The Morgan fingerprint density at radius 1 is 1.22 bits per heavy atom. The Balaban J connectivity index is 2.14. The molecular formula is C15H21NO6S. The van der Waals surface area contributed by atoms with E-state index in [0.29, 0.717) is 12.8 Å². The predicted molar refractivity (Wildman–Crippen MR) is 82.8 cm³/mol. The average molecular weight is 343 g/mol. The van der Waals surface area contributed by atoms with Gasteiger partial charge >= 0.3 is 5.97 Å². The maximum Gasteiger partial charge on any atom is 0.329 e. The van der Waals surface area contributed by atoms with Gasteiger partial charge in [0.1, 0.15) is 17.1 Å². The third-order valence-electron chi connectivity index (χ3n) is 4.01. The zero-order valence-electron chi connectivity index (χ0n) is 13.0. The molecule has 1 amide bonds. The van der Waals surface area contributed by atoms with Gasteiger partial charge in [-0.1, -0.05) is 25.7 Å². The first-order valence-electron chi connectivity index (χ1n) is 7.54. The van der Waals surface area contributed by atoms with Gasteiger partial charge < -0.3 is 14.8 Å². The van der Waals surface area contributed by atoms with Gasteiger partial charge in [-0.25, -0.2) is 13.2 Å². The molecule has 0 radical (unpaired) electrons. The molecule has 2 N–H and O–H groups in total. The van der Waals surface area contributed by atoms with Gasteiger partial charge in [0.05, 0.1) is 0 Å². The molecule has 1 saturated carbocycles. The minimum Gasteiger partial charge on any atom is -0.480 e. The van der Waals surface area contributed by atoms with Crippen LogP contribution in [0, 0.1) is 0 Å². The van der Waals surface area contributed by atoms with Crippen molar-refractivity contribution in [2.75, 3.05) is 6.26 Å². The van der Waals surface area contributed by atoms with Crippen LogP contribution < -0.4 is 5.32 Å². The van der Waals surface area contributed by atoms with Gasteiger partial charge in [-0.15, -0.1) is 0 Å². The molecule has 7 nitrogen and oxygen atoms in total. The first kappa shape index (κ1) is 17.5. The van der Waals surface area contributed by atoms with Crippen molar-refractivity contribution >= 4 is 21.7 Å². The second-order valence-corrected chi connectivity index (χ2v) is 8.23. The molecule has 23 heavy (non-hydrogen) atoms. The first-order chi connectivity index (χ1) is 10.7. The van der Waals surface area contributed by atoms with E-state index in [2.05, 4.69) is 5.32 Å². The highest BCUT2D eigenvalue weighted by molar-refractivity contribution is 7.89. The molecule has 8 heteroatoms. The van der Waals surface area contributed by atoms with Crippen LogP contribution in [-0.2, 0) is 20.4 Å². The van der Waals surface area contributed by atoms with Crippen LogP contribution in [0.25, 0.3) is 0 Å². The van der Waals surface area contributed by atoms with Crippen LogP contribution in [0.3, 0.4) is 0 Å². The number of carbonyl (C=O) groups is 2. The summed E-state index contributed by atoms with van der Waals surface area (Å²) < 4.78 is 27.7. The van der Waals surface area contributed by atoms with E-state index in [4.69, 9.17) is 4.42 Å². The van der Waals surface area contributed by atoms with E-state index in [1.807, 2.05) is 0 Å². The fraction of sp³-hybridized carbons (Fsp3) is 0.600. The summed E-state index contributed by atoms with van der Waals surface area (Å²) in [4.78, 5) is 24.0. The summed E-state index contributed by atoms with van der Waals surface area (Å²) >= 11 is 0. The highest BCUT2D eigenvalue weighted by Crippen LogP contribution is 2.28. The van der Waals surface area contributed by atoms with Crippen molar-refractivity contribution in [1.29, 1.82) is 0 Å². The Bertz CT molecular complexity index is 683. The van der Waals surface area contributed by atoms with E-state index in [0.717, 1.165) is 31.9 Å². The van der Waals surface area contributed by atoms with Crippen LogP contribution in [0.2, 0.25) is 0 Å².